The summed E-state index contributed by atoms with van der Waals surface area (Å²) >= 11 is 0. The third-order valence-corrected chi connectivity index (χ3v) is 4.45. The van der Waals surface area contributed by atoms with Crippen LogP contribution in [0.4, 0.5) is 0 Å². The largest absolute Gasteiger partial charge is 0.389 e. The van der Waals surface area contributed by atoms with Gasteiger partial charge in [-0.1, -0.05) is 51.1 Å². The number of likely N-dealkylation sites (tertiary alicyclic amines) is 1. The molecule has 3 nitrogen and oxygen atoms in total. The Hall–Kier alpha value is -0.900. The molecule has 0 spiro atoms. The number of hydrogen-bond donors (Lipinski definition) is 1. The van der Waals surface area contributed by atoms with Gasteiger partial charge in [0.1, 0.15) is 0 Å². The molecule has 3 heteroatoms. The Morgan fingerprint density at radius 1 is 1.18 bits per heavy atom. The van der Waals surface area contributed by atoms with Gasteiger partial charge in [-0.05, 0) is 30.2 Å². The number of β-amino-alcohol motifs (C(OH)–C–C–N with tert-alkyl or cyclic N) is 1. The molecule has 0 radical (unpaired) electrons. The Kier molecular flexibility index (Phi) is 6.87. The fourth-order valence-electron chi connectivity index (χ4n) is 3.64. The SMILES string of the molecule is CC[C@H](OC[C@@H](O)CN1C[C@H](C)C[C@H](C)C1)c1ccccc1. The maximum absolute atomic E-state index is 10.3. The van der Waals surface area contributed by atoms with E-state index in [1.54, 1.807) is 0 Å². The molecular weight excluding hydrogens is 274 g/mol. The van der Waals surface area contributed by atoms with Crippen molar-refractivity contribution in [3.05, 3.63) is 35.9 Å². The number of nitrogens with zero attached hydrogens (tertiary/aromatic N) is 1. The van der Waals surface area contributed by atoms with Gasteiger partial charge in [0, 0.05) is 19.6 Å². The van der Waals surface area contributed by atoms with Crippen molar-refractivity contribution >= 4 is 0 Å². The van der Waals surface area contributed by atoms with Gasteiger partial charge >= 0.3 is 0 Å². The topological polar surface area (TPSA) is 32.7 Å². The number of ether oxygens (including phenoxy) is 1. The lowest BCUT2D eigenvalue weighted by Crippen LogP contribution is -2.43. The van der Waals surface area contributed by atoms with Crippen molar-refractivity contribution in [2.45, 2.75) is 45.8 Å². The monoisotopic (exact) mass is 305 g/mol. The minimum atomic E-state index is -0.407. The maximum Gasteiger partial charge on any atom is 0.0900 e. The van der Waals surface area contributed by atoms with Crippen LogP contribution in [0.1, 0.15) is 45.3 Å². The third-order valence-electron chi connectivity index (χ3n) is 4.45. The van der Waals surface area contributed by atoms with Gasteiger partial charge in [0.05, 0.1) is 18.8 Å². The summed E-state index contributed by atoms with van der Waals surface area (Å²) in [4.78, 5) is 2.39. The first kappa shape index (κ1) is 17.5. The highest BCUT2D eigenvalue weighted by Gasteiger charge is 2.23. The lowest BCUT2D eigenvalue weighted by atomic mass is 9.92. The average molecular weight is 305 g/mol. The van der Waals surface area contributed by atoms with Gasteiger partial charge in [-0.3, -0.25) is 0 Å². The zero-order chi connectivity index (χ0) is 15.9. The second kappa shape index (κ2) is 8.66. The van der Waals surface area contributed by atoms with E-state index in [9.17, 15) is 5.11 Å². The highest BCUT2D eigenvalue weighted by atomic mass is 16.5. The summed E-state index contributed by atoms with van der Waals surface area (Å²) in [5, 5.41) is 10.3. The van der Waals surface area contributed by atoms with Crippen molar-refractivity contribution in [1.82, 2.24) is 4.90 Å². The fourth-order valence-corrected chi connectivity index (χ4v) is 3.64. The van der Waals surface area contributed by atoms with Crippen LogP contribution in [0.2, 0.25) is 0 Å². The molecule has 0 aromatic heterocycles. The van der Waals surface area contributed by atoms with E-state index in [0.29, 0.717) is 6.61 Å². The van der Waals surface area contributed by atoms with E-state index < -0.39 is 6.10 Å². The molecule has 0 saturated carbocycles. The molecule has 0 aliphatic carbocycles. The number of benzene rings is 1. The Balaban J connectivity index is 1.78. The van der Waals surface area contributed by atoms with E-state index in [1.807, 2.05) is 18.2 Å². The smallest absolute Gasteiger partial charge is 0.0900 e. The van der Waals surface area contributed by atoms with Gasteiger partial charge in [-0.2, -0.15) is 0 Å². The highest BCUT2D eigenvalue weighted by molar-refractivity contribution is 5.17. The summed E-state index contributed by atoms with van der Waals surface area (Å²) in [5.41, 5.74) is 1.19. The summed E-state index contributed by atoms with van der Waals surface area (Å²) in [7, 11) is 0. The van der Waals surface area contributed by atoms with E-state index in [2.05, 4.69) is 37.8 Å². The molecule has 0 unspecified atom stereocenters. The Morgan fingerprint density at radius 3 is 2.41 bits per heavy atom. The third kappa shape index (κ3) is 5.38. The predicted molar refractivity (Wildman–Crippen MR) is 90.8 cm³/mol. The molecule has 0 bridgehead atoms. The minimum absolute atomic E-state index is 0.0788. The van der Waals surface area contributed by atoms with Crippen LogP contribution in [-0.4, -0.2) is 42.4 Å². The van der Waals surface area contributed by atoms with Crippen molar-refractivity contribution in [2.24, 2.45) is 11.8 Å². The Morgan fingerprint density at radius 2 is 1.82 bits per heavy atom. The lowest BCUT2D eigenvalue weighted by Gasteiger charge is -2.36. The molecule has 1 aromatic carbocycles. The van der Waals surface area contributed by atoms with Crippen molar-refractivity contribution < 1.29 is 9.84 Å². The molecule has 1 aliphatic rings. The highest BCUT2D eigenvalue weighted by Crippen LogP contribution is 2.22. The van der Waals surface area contributed by atoms with Gasteiger partial charge < -0.3 is 14.7 Å². The average Bonchev–Trinajstić information content (AvgIpc) is 2.48. The van der Waals surface area contributed by atoms with Crippen LogP contribution >= 0.6 is 0 Å². The molecule has 1 saturated heterocycles. The molecule has 0 amide bonds. The number of hydrogen-bond acceptors (Lipinski definition) is 3. The standard InChI is InChI=1S/C19H31NO2/c1-4-19(17-8-6-5-7-9-17)22-14-18(21)13-20-11-15(2)10-16(3)12-20/h5-9,15-16,18-19,21H,4,10-14H2,1-3H3/t15-,16+,18-,19-/m0/s1. The minimum Gasteiger partial charge on any atom is -0.389 e. The van der Waals surface area contributed by atoms with Gasteiger partial charge in [-0.15, -0.1) is 0 Å². The molecule has 1 aromatic rings. The fraction of sp³-hybridized carbons (Fsp3) is 0.684. The van der Waals surface area contributed by atoms with Crippen LogP contribution in [0.3, 0.4) is 0 Å². The van der Waals surface area contributed by atoms with Crippen LogP contribution in [-0.2, 0) is 4.74 Å². The Bertz CT molecular complexity index is 413. The summed E-state index contributed by atoms with van der Waals surface area (Å²) in [6.45, 7) is 10.0. The molecule has 1 heterocycles. The quantitative estimate of drug-likeness (QED) is 0.837. The molecule has 4 atom stereocenters. The zero-order valence-electron chi connectivity index (χ0n) is 14.2. The van der Waals surface area contributed by atoms with Crippen molar-refractivity contribution in [3.8, 4) is 0 Å². The van der Waals surface area contributed by atoms with Crippen LogP contribution < -0.4 is 0 Å². The first-order valence-electron chi connectivity index (χ1n) is 8.65. The van der Waals surface area contributed by atoms with Crippen molar-refractivity contribution in [2.75, 3.05) is 26.2 Å². The molecule has 2 rings (SSSR count). The van der Waals surface area contributed by atoms with Crippen LogP contribution in [0.15, 0.2) is 30.3 Å². The van der Waals surface area contributed by atoms with Gasteiger partial charge in [0.15, 0.2) is 0 Å². The number of rotatable bonds is 7. The van der Waals surface area contributed by atoms with Crippen LogP contribution in [0.25, 0.3) is 0 Å². The summed E-state index contributed by atoms with van der Waals surface area (Å²) in [6, 6.07) is 10.3. The molecule has 1 aliphatic heterocycles. The first-order valence-corrected chi connectivity index (χ1v) is 8.65. The second-order valence-corrected chi connectivity index (χ2v) is 6.96. The molecular formula is C19H31NO2. The molecule has 124 valence electrons. The number of piperidine rings is 1. The maximum atomic E-state index is 10.3. The molecule has 1 N–H and O–H groups in total. The molecule has 22 heavy (non-hydrogen) atoms. The van der Waals surface area contributed by atoms with Gasteiger partial charge in [-0.25, -0.2) is 0 Å². The molecule has 1 fully saturated rings. The van der Waals surface area contributed by atoms with Crippen molar-refractivity contribution in [1.29, 1.82) is 0 Å². The van der Waals surface area contributed by atoms with Crippen LogP contribution in [0.5, 0.6) is 0 Å². The van der Waals surface area contributed by atoms with Gasteiger partial charge in [0.2, 0.25) is 0 Å². The van der Waals surface area contributed by atoms with Gasteiger partial charge in [0.25, 0.3) is 0 Å². The van der Waals surface area contributed by atoms with Crippen molar-refractivity contribution in [3.63, 3.8) is 0 Å². The van der Waals surface area contributed by atoms with Crippen LogP contribution in [0, 0.1) is 11.8 Å². The van der Waals surface area contributed by atoms with E-state index in [0.717, 1.165) is 37.9 Å². The predicted octanol–water partition coefficient (Wildman–Crippen LogP) is 3.49. The summed E-state index contributed by atoms with van der Waals surface area (Å²) < 4.78 is 5.96. The first-order chi connectivity index (χ1) is 10.6. The zero-order valence-corrected chi connectivity index (χ0v) is 14.2. The Labute approximate surface area is 135 Å². The van der Waals surface area contributed by atoms with E-state index in [1.165, 1.54) is 12.0 Å². The summed E-state index contributed by atoms with van der Waals surface area (Å²) in [5.74, 6) is 1.45. The van der Waals surface area contributed by atoms with E-state index in [-0.39, 0.29) is 6.10 Å². The number of aliphatic hydroxyl groups is 1. The van der Waals surface area contributed by atoms with E-state index in [4.69, 9.17) is 4.74 Å². The lowest BCUT2D eigenvalue weighted by molar-refractivity contribution is -0.0297. The summed E-state index contributed by atoms with van der Waals surface area (Å²) in [6.07, 6.45) is 1.90. The normalized spacial score (nSPS) is 25.8. The van der Waals surface area contributed by atoms with E-state index >= 15 is 0 Å². The second-order valence-electron chi connectivity index (χ2n) is 6.96. The number of aliphatic hydroxyl groups excluding tert-OH is 1.